The normalized spacial score (nSPS) is 25.1. The van der Waals surface area contributed by atoms with Crippen molar-refractivity contribution in [3.05, 3.63) is 46.3 Å². The van der Waals surface area contributed by atoms with Gasteiger partial charge in [-0.15, -0.1) is 0 Å². The van der Waals surface area contributed by atoms with E-state index >= 15 is 0 Å². The maximum atomic E-state index is 13.3. The summed E-state index contributed by atoms with van der Waals surface area (Å²) >= 11 is 0. The van der Waals surface area contributed by atoms with Crippen molar-refractivity contribution in [3.63, 3.8) is 0 Å². The largest absolute Gasteiger partial charge is 0.396 e. The molecular weight excluding hydrogens is 442 g/mol. The van der Waals surface area contributed by atoms with E-state index in [1.807, 2.05) is 14.5 Å². The highest BCUT2D eigenvalue weighted by atomic mass is 16.3. The number of anilines is 1. The fourth-order valence-electron chi connectivity index (χ4n) is 6.55. The van der Waals surface area contributed by atoms with Gasteiger partial charge >= 0.3 is 0 Å². The Labute approximate surface area is 206 Å². The van der Waals surface area contributed by atoms with Crippen LogP contribution in [0.15, 0.2) is 18.2 Å². The lowest BCUT2D eigenvalue weighted by molar-refractivity contribution is -0.132. The molecule has 2 aliphatic carbocycles. The minimum atomic E-state index is 0.000349. The molecule has 8 nitrogen and oxygen atoms in total. The summed E-state index contributed by atoms with van der Waals surface area (Å²) < 4.78 is 1.81. The molecule has 1 aromatic heterocycles. The number of aliphatic hydroxyl groups is 1. The quantitative estimate of drug-likeness (QED) is 0.708. The summed E-state index contributed by atoms with van der Waals surface area (Å²) in [5.41, 5.74) is 6.51. The standard InChI is InChI=1S/C27H35N5O3/c1-17-5-3-7-23(18(17)2)29-9-11-30(12-10-29)25(34)15-32-24-8-4-6-19(24)26(28-32)27(35)31-13-20-21(14-31)22(20)16-33/h3,5,7,20-22,33H,4,6,8-16H2,1-2H3. The van der Waals surface area contributed by atoms with E-state index in [9.17, 15) is 14.7 Å². The summed E-state index contributed by atoms with van der Waals surface area (Å²) in [7, 11) is 0. The van der Waals surface area contributed by atoms with Crippen molar-refractivity contribution in [2.24, 2.45) is 17.8 Å². The number of carbonyl (C=O) groups excluding carboxylic acids is 2. The van der Waals surface area contributed by atoms with E-state index < -0.39 is 0 Å². The van der Waals surface area contributed by atoms with E-state index in [4.69, 9.17) is 5.10 Å². The van der Waals surface area contributed by atoms with Gasteiger partial charge < -0.3 is 19.8 Å². The molecule has 2 aliphatic heterocycles. The van der Waals surface area contributed by atoms with Gasteiger partial charge in [-0.25, -0.2) is 0 Å². The van der Waals surface area contributed by atoms with Gasteiger partial charge in [-0.05, 0) is 68.1 Å². The van der Waals surface area contributed by atoms with Crippen LogP contribution in [0, 0.1) is 31.6 Å². The molecule has 2 unspecified atom stereocenters. The number of fused-ring (bicyclic) bond motifs is 2. The number of aliphatic hydroxyl groups excluding tert-OH is 1. The number of piperazine rings is 1. The molecule has 0 radical (unpaired) electrons. The molecule has 2 saturated heterocycles. The molecule has 6 rings (SSSR count). The lowest BCUT2D eigenvalue weighted by atomic mass is 10.1. The number of amides is 2. The van der Waals surface area contributed by atoms with E-state index in [0.717, 1.165) is 56.7 Å². The van der Waals surface area contributed by atoms with Crippen LogP contribution in [0.3, 0.4) is 0 Å². The lowest BCUT2D eigenvalue weighted by Gasteiger charge is -2.37. The number of carbonyl (C=O) groups is 2. The number of piperidine rings is 1. The van der Waals surface area contributed by atoms with Gasteiger partial charge in [0.2, 0.25) is 5.91 Å². The molecule has 4 aliphatic rings. The smallest absolute Gasteiger partial charge is 0.274 e. The predicted octanol–water partition coefficient (Wildman–Crippen LogP) is 1.65. The average molecular weight is 478 g/mol. The fourth-order valence-corrected chi connectivity index (χ4v) is 6.55. The number of aryl methyl sites for hydroxylation is 1. The Kier molecular flexibility index (Phi) is 5.59. The second-order valence-corrected chi connectivity index (χ2v) is 10.8. The van der Waals surface area contributed by atoms with Gasteiger partial charge in [-0.3, -0.25) is 14.3 Å². The minimum absolute atomic E-state index is 0.000349. The maximum Gasteiger partial charge on any atom is 0.274 e. The molecule has 3 heterocycles. The molecule has 186 valence electrons. The number of nitrogens with zero attached hydrogens (tertiary/aromatic N) is 5. The molecule has 2 atom stereocenters. The van der Waals surface area contributed by atoms with Crippen molar-refractivity contribution in [1.82, 2.24) is 19.6 Å². The van der Waals surface area contributed by atoms with Crippen LogP contribution in [0.2, 0.25) is 0 Å². The first-order valence-electron chi connectivity index (χ1n) is 13.0. The topological polar surface area (TPSA) is 81.9 Å². The van der Waals surface area contributed by atoms with Crippen molar-refractivity contribution in [2.75, 3.05) is 50.8 Å². The SMILES string of the molecule is Cc1cccc(N2CCN(C(=O)Cn3nc(C(=O)N4CC5C(CO)C5C4)c4c3CCC4)CC2)c1C. The van der Waals surface area contributed by atoms with Gasteiger partial charge in [0.05, 0.1) is 0 Å². The molecule has 1 aromatic carbocycles. The summed E-state index contributed by atoms with van der Waals surface area (Å²) in [6, 6.07) is 6.40. The average Bonchev–Trinajstić information content (AvgIpc) is 3.27. The highest BCUT2D eigenvalue weighted by molar-refractivity contribution is 5.94. The first-order valence-corrected chi connectivity index (χ1v) is 13.0. The van der Waals surface area contributed by atoms with E-state index in [0.29, 0.717) is 36.5 Å². The van der Waals surface area contributed by atoms with Gasteiger partial charge in [-0.1, -0.05) is 12.1 Å². The molecule has 0 spiro atoms. The summed E-state index contributed by atoms with van der Waals surface area (Å²) in [6.07, 6.45) is 2.74. The minimum Gasteiger partial charge on any atom is -0.396 e. The Hall–Kier alpha value is -2.87. The Bertz CT molecular complexity index is 1150. The van der Waals surface area contributed by atoms with Crippen LogP contribution in [-0.2, 0) is 24.2 Å². The first-order chi connectivity index (χ1) is 17.0. The lowest BCUT2D eigenvalue weighted by Crippen LogP contribution is -2.50. The third kappa shape index (κ3) is 3.82. The summed E-state index contributed by atoms with van der Waals surface area (Å²) in [5.74, 6) is 1.34. The zero-order valence-corrected chi connectivity index (χ0v) is 20.7. The van der Waals surface area contributed by atoms with Crippen molar-refractivity contribution in [1.29, 1.82) is 0 Å². The third-order valence-electron chi connectivity index (χ3n) is 8.91. The Morgan fingerprint density at radius 3 is 2.49 bits per heavy atom. The van der Waals surface area contributed by atoms with Gasteiger partial charge in [0, 0.05) is 62.8 Å². The second-order valence-electron chi connectivity index (χ2n) is 10.8. The monoisotopic (exact) mass is 477 g/mol. The van der Waals surface area contributed by atoms with Gasteiger partial charge in [0.15, 0.2) is 5.69 Å². The Morgan fingerprint density at radius 2 is 1.77 bits per heavy atom. The fraction of sp³-hybridized carbons (Fsp3) is 0.593. The summed E-state index contributed by atoms with van der Waals surface area (Å²) in [6.45, 7) is 9.22. The Balaban J connectivity index is 1.11. The highest BCUT2D eigenvalue weighted by Gasteiger charge is 2.56. The van der Waals surface area contributed by atoms with Crippen molar-refractivity contribution < 1.29 is 14.7 Å². The summed E-state index contributed by atoms with van der Waals surface area (Å²) in [4.78, 5) is 32.7. The van der Waals surface area contributed by atoms with Crippen LogP contribution in [0.25, 0.3) is 0 Å². The Morgan fingerprint density at radius 1 is 1.03 bits per heavy atom. The number of aromatic nitrogens is 2. The van der Waals surface area contributed by atoms with E-state index in [1.165, 1.54) is 16.8 Å². The molecule has 1 N–H and O–H groups in total. The predicted molar refractivity (Wildman–Crippen MR) is 132 cm³/mol. The molecule has 35 heavy (non-hydrogen) atoms. The molecule has 3 fully saturated rings. The molecule has 0 bridgehead atoms. The van der Waals surface area contributed by atoms with E-state index in [-0.39, 0.29) is 25.0 Å². The van der Waals surface area contributed by atoms with E-state index in [1.54, 1.807) is 0 Å². The number of hydrogen-bond acceptors (Lipinski definition) is 5. The third-order valence-corrected chi connectivity index (χ3v) is 8.91. The van der Waals surface area contributed by atoms with Gasteiger partial charge in [0.25, 0.3) is 5.91 Å². The number of benzene rings is 1. The van der Waals surface area contributed by atoms with Crippen LogP contribution < -0.4 is 4.90 Å². The number of likely N-dealkylation sites (tertiary alicyclic amines) is 1. The van der Waals surface area contributed by atoms with Crippen LogP contribution in [-0.4, -0.2) is 82.4 Å². The van der Waals surface area contributed by atoms with Crippen LogP contribution in [0.5, 0.6) is 0 Å². The van der Waals surface area contributed by atoms with Crippen molar-refractivity contribution in [3.8, 4) is 0 Å². The van der Waals surface area contributed by atoms with Gasteiger partial charge in [0.1, 0.15) is 6.54 Å². The second kappa shape index (κ2) is 8.66. The van der Waals surface area contributed by atoms with E-state index in [2.05, 4.69) is 36.9 Å². The highest BCUT2D eigenvalue weighted by Crippen LogP contribution is 2.51. The first kappa shape index (κ1) is 22.6. The number of hydrogen-bond donors (Lipinski definition) is 1. The maximum absolute atomic E-state index is 13.3. The van der Waals surface area contributed by atoms with Crippen LogP contribution in [0.4, 0.5) is 5.69 Å². The zero-order valence-electron chi connectivity index (χ0n) is 20.7. The molecule has 8 heteroatoms. The van der Waals surface area contributed by atoms with Crippen LogP contribution >= 0.6 is 0 Å². The zero-order chi connectivity index (χ0) is 24.3. The molecule has 1 saturated carbocycles. The van der Waals surface area contributed by atoms with Crippen molar-refractivity contribution >= 4 is 17.5 Å². The number of rotatable bonds is 5. The molecule has 2 amide bonds. The van der Waals surface area contributed by atoms with Crippen molar-refractivity contribution in [2.45, 2.75) is 39.7 Å². The van der Waals surface area contributed by atoms with Crippen LogP contribution in [0.1, 0.15) is 39.3 Å². The molecular formula is C27H35N5O3. The molecule has 2 aromatic rings. The summed E-state index contributed by atoms with van der Waals surface area (Å²) in [5, 5.41) is 14.1. The van der Waals surface area contributed by atoms with Gasteiger partial charge in [-0.2, -0.15) is 5.10 Å².